The van der Waals surface area contributed by atoms with E-state index in [0.29, 0.717) is 5.58 Å². The molecule has 0 radical (unpaired) electrons. The van der Waals surface area contributed by atoms with Crippen LogP contribution in [0.5, 0.6) is 0 Å². The number of nitrogens with one attached hydrogen (secondary N) is 1. The van der Waals surface area contributed by atoms with E-state index in [9.17, 15) is 22.8 Å². The van der Waals surface area contributed by atoms with Gasteiger partial charge < -0.3 is 9.73 Å². The summed E-state index contributed by atoms with van der Waals surface area (Å²) in [6.07, 6.45) is -2.97. The Bertz CT molecular complexity index is 1360. The summed E-state index contributed by atoms with van der Waals surface area (Å²) in [7, 11) is 0. The lowest BCUT2D eigenvalue weighted by Gasteiger charge is -2.09. The number of fused-ring (bicyclic) bond motifs is 1. The fourth-order valence-electron chi connectivity index (χ4n) is 3.72. The molecule has 33 heavy (non-hydrogen) atoms. The van der Waals surface area contributed by atoms with Gasteiger partial charge in [-0.3, -0.25) is 9.36 Å². The largest absolute Gasteiger partial charge is 0.451 e. The van der Waals surface area contributed by atoms with Crippen LogP contribution in [0.15, 0.2) is 63.8 Å². The molecule has 1 aliphatic carbocycles. The van der Waals surface area contributed by atoms with E-state index in [-0.39, 0.29) is 36.3 Å². The predicted octanol–water partition coefficient (Wildman–Crippen LogP) is 4.24. The van der Waals surface area contributed by atoms with Crippen molar-refractivity contribution in [1.82, 2.24) is 19.7 Å². The van der Waals surface area contributed by atoms with E-state index in [0.717, 1.165) is 30.4 Å². The summed E-state index contributed by atoms with van der Waals surface area (Å²) in [5.74, 6) is -0.0899. The topological polar surface area (TPSA) is 82.1 Å². The van der Waals surface area contributed by atoms with Crippen LogP contribution in [0.25, 0.3) is 22.4 Å². The Kier molecular flexibility index (Phi) is 5.07. The second kappa shape index (κ2) is 7.95. The molecule has 2 aromatic carbocycles. The number of aromatic nitrogens is 3. The molecule has 1 amide bonds. The molecule has 1 saturated carbocycles. The monoisotopic (exact) mass is 456 g/mol. The number of benzene rings is 2. The number of para-hydroxylation sites is 1. The molecule has 2 aromatic heterocycles. The molecule has 4 aromatic rings. The Hall–Kier alpha value is -3.82. The highest BCUT2D eigenvalue weighted by Gasteiger charge is 2.33. The number of nitrogens with zero attached hydrogens (tertiary/aromatic N) is 3. The van der Waals surface area contributed by atoms with Gasteiger partial charge in [-0.15, -0.1) is 5.10 Å². The third-order valence-corrected chi connectivity index (χ3v) is 5.49. The number of halogens is 3. The third-order valence-electron chi connectivity index (χ3n) is 5.49. The lowest BCUT2D eigenvalue weighted by atomic mass is 10.1. The van der Waals surface area contributed by atoms with Crippen LogP contribution in [-0.2, 0) is 12.7 Å². The second-order valence-corrected chi connectivity index (χ2v) is 7.91. The van der Waals surface area contributed by atoms with E-state index < -0.39 is 23.3 Å². The van der Waals surface area contributed by atoms with Gasteiger partial charge in [0.2, 0.25) is 0 Å². The molecule has 2 heterocycles. The van der Waals surface area contributed by atoms with Crippen molar-refractivity contribution in [1.29, 1.82) is 0 Å². The Morgan fingerprint density at radius 1 is 1.12 bits per heavy atom. The SMILES string of the molecule is O=C(NCCn1nc(-c2cccc(C(F)(F)F)c2)n(C2CC2)c1=O)c1cc2ccccc2o1. The van der Waals surface area contributed by atoms with Crippen LogP contribution in [0, 0.1) is 0 Å². The van der Waals surface area contributed by atoms with Crippen LogP contribution in [0.2, 0.25) is 0 Å². The average molecular weight is 456 g/mol. The standard InChI is InChI=1S/C23H19F3N4O3/c24-23(25,26)16-6-3-5-15(12-16)20-28-29(22(32)30(20)17-8-9-17)11-10-27-21(31)19-13-14-4-1-2-7-18(14)33-19/h1-7,12-13,17H,8-11H2,(H,27,31). The number of alkyl halides is 3. The minimum atomic E-state index is -4.50. The van der Waals surface area contributed by atoms with E-state index in [4.69, 9.17) is 4.42 Å². The quantitative estimate of drug-likeness (QED) is 0.471. The molecule has 0 saturated heterocycles. The summed E-state index contributed by atoms with van der Waals surface area (Å²) >= 11 is 0. The van der Waals surface area contributed by atoms with Crippen molar-refractivity contribution in [2.24, 2.45) is 0 Å². The molecule has 1 N–H and O–H groups in total. The number of carbonyl (C=O) groups excluding carboxylic acids is 1. The summed E-state index contributed by atoms with van der Waals surface area (Å²) in [6, 6.07) is 13.5. The van der Waals surface area contributed by atoms with Gasteiger partial charge in [-0.05, 0) is 37.1 Å². The zero-order valence-electron chi connectivity index (χ0n) is 17.3. The van der Waals surface area contributed by atoms with Crippen molar-refractivity contribution < 1.29 is 22.4 Å². The molecule has 7 nitrogen and oxygen atoms in total. The highest BCUT2D eigenvalue weighted by atomic mass is 19.4. The zero-order valence-corrected chi connectivity index (χ0v) is 17.3. The molecule has 10 heteroatoms. The minimum absolute atomic E-state index is 0.0660. The van der Waals surface area contributed by atoms with Crippen LogP contribution in [0.4, 0.5) is 13.2 Å². The molecule has 0 atom stereocenters. The minimum Gasteiger partial charge on any atom is -0.451 e. The normalized spacial score (nSPS) is 14.0. The lowest BCUT2D eigenvalue weighted by Crippen LogP contribution is -2.32. The molecule has 170 valence electrons. The summed E-state index contributed by atoms with van der Waals surface area (Å²) in [5.41, 5.74) is -0.406. The molecular formula is C23H19F3N4O3. The van der Waals surface area contributed by atoms with E-state index in [2.05, 4.69) is 10.4 Å². The first kappa shape index (κ1) is 21.0. The third kappa shape index (κ3) is 4.15. The Balaban J connectivity index is 1.35. The smallest absolute Gasteiger partial charge is 0.416 e. The maximum atomic E-state index is 13.1. The van der Waals surface area contributed by atoms with Crippen LogP contribution in [-0.4, -0.2) is 26.8 Å². The fourth-order valence-corrected chi connectivity index (χ4v) is 3.72. The highest BCUT2D eigenvalue weighted by Crippen LogP contribution is 2.37. The number of rotatable bonds is 6. The molecule has 1 aliphatic rings. The average Bonchev–Trinajstić information content (AvgIpc) is 3.44. The number of carbonyl (C=O) groups is 1. The molecule has 5 rings (SSSR count). The van der Waals surface area contributed by atoms with Crippen LogP contribution >= 0.6 is 0 Å². The van der Waals surface area contributed by atoms with E-state index in [1.165, 1.54) is 21.4 Å². The van der Waals surface area contributed by atoms with Gasteiger partial charge in [-0.25, -0.2) is 9.48 Å². The highest BCUT2D eigenvalue weighted by molar-refractivity contribution is 5.96. The molecule has 0 spiro atoms. The van der Waals surface area contributed by atoms with Gasteiger partial charge in [0.15, 0.2) is 11.6 Å². The van der Waals surface area contributed by atoms with Gasteiger partial charge in [-0.1, -0.05) is 30.3 Å². The number of amides is 1. The van der Waals surface area contributed by atoms with Gasteiger partial charge >= 0.3 is 11.9 Å². The van der Waals surface area contributed by atoms with Crippen LogP contribution in [0.3, 0.4) is 0 Å². The van der Waals surface area contributed by atoms with Crippen molar-refractivity contribution in [3.05, 3.63) is 76.4 Å². The lowest BCUT2D eigenvalue weighted by molar-refractivity contribution is -0.137. The van der Waals surface area contributed by atoms with Gasteiger partial charge in [0, 0.05) is 23.5 Å². The first-order valence-corrected chi connectivity index (χ1v) is 10.4. The van der Waals surface area contributed by atoms with Crippen LogP contribution in [0.1, 0.15) is 35.0 Å². The first-order chi connectivity index (χ1) is 15.8. The van der Waals surface area contributed by atoms with E-state index >= 15 is 0 Å². The molecule has 1 fully saturated rings. The van der Waals surface area contributed by atoms with Crippen molar-refractivity contribution in [3.8, 4) is 11.4 Å². The Morgan fingerprint density at radius 3 is 2.64 bits per heavy atom. The summed E-state index contributed by atoms with van der Waals surface area (Å²) in [5, 5.41) is 7.78. The van der Waals surface area contributed by atoms with E-state index in [1.54, 1.807) is 18.2 Å². The maximum Gasteiger partial charge on any atom is 0.416 e. The van der Waals surface area contributed by atoms with E-state index in [1.807, 2.05) is 12.1 Å². The molecule has 0 aliphatic heterocycles. The molecule has 0 bridgehead atoms. The Labute approximate surface area is 185 Å². The first-order valence-electron chi connectivity index (χ1n) is 10.4. The van der Waals surface area contributed by atoms with Crippen LogP contribution < -0.4 is 11.0 Å². The van der Waals surface area contributed by atoms with Crippen molar-refractivity contribution >= 4 is 16.9 Å². The van der Waals surface area contributed by atoms with Gasteiger partial charge in [-0.2, -0.15) is 13.2 Å². The molecule has 0 unspecified atom stereocenters. The summed E-state index contributed by atoms with van der Waals surface area (Å²) < 4.78 is 47.6. The van der Waals surface area contributed by atoms with Gasteiger partial charge in [0.1, 0.15) is 5.58 Å². The van der Waals surface area contributed by atoms with Crippen molar-refractivity contribution in [2.75, 3.05) is 6.54 Å². The number of hydrogen-bond acceptors (Lipinski definition) is 4. The van der Waals surface area contributed by atoms with Crippen molar-refractivity contribution in [2.45, 2.75) is 31.6 Å². The number of furan rings is 1. The summed E-state index contributed by atoms with van der Waals surface area (Å²) in [6.45, 7) is 0.163. The fraction of sp³-hybridized carbons (Fsp3) is 0.261. The molecular weight excluding hydrogens is 437 g/mol. The predicted molar refractivity (Wildman–Crippen MR) is 114 cm³/mol. The van der Waals surface area contributed by atoms with Crippen molar-refractivity contribution in [3.63, 3.8) is 0 Å². The van der Waals surface area contributed by atoms with Gasteiger partial charge in [0.25, 0.3) is 5.91 Å². The Morgan fingerprint density at radius 2 is 1.91 bits per heavy atom. The van der Waals surface area contributed by atoms with Gasteiger partial charge in [0.05, 0.1) is 12.1 Å². The zero-order chi connectivity index (χ0) is 23.2. The summed E-state index contributed by atoms with van der Waals surface area (Å²) in [4.78, 5) is 25.3. The second-order valence-electron chi connectivity index (χ2n) is 7.91. The maximum absolute atomic E-state index is 13.1. The number of hydrogen-bond donors (Lipinski definition) is 1.